The van der Waals surface area contributed by atoms with Crippen molar-refractivity contribution in [3.05, 3.63) is 35.3 Å². The Bertz CT molecular complexity index is 891. The Hall–Kier alpha value is -1.88. The normalized spacial score (nSPS) is 15.4. The van der Waals surface area contributed by atoms with Gasteiger partial charge in [0.1, 0.15) is 17.2 Å². The molecule has 1 amide bonds. The van der Waals surface area contributed by atoms with Crippen LogP contribution in [0.3, 0.4) is 0 Å². The highest BCUT2D eigenvalue weighted by Gasteiger charge is 2.22. The van der Waals surface area contributed by atoms with Crippen molar-refractivity contribution in [2.75, 3.05) is 39.8 Å². The van der Waals surface area contributed by atoms with Crippen LogP contribution in [-0.4, -0.2) is 67.5 Å². The third-order valence-electron chi connectivity index (χ3n) is 5.10. The lowest BCUT2D eigenvalue weighted by molar-refractivity contribution is -0.123. The summed E-state index contributed by atoms with van der Waals surface area (Å²) in [7, 11) is 1.76. The van der Waals surface area contributed by atoms with Crippen molar-refractivity contribution in [1.29, 1.82) is 0 Å². The number of hydrogen-bond donors (Lipinski definition) is 2. The molecule has 0 spiro atoms. The fourth-order valence-electron chi connectivity index (χ4n) is 3.59. The van der Waals surface area contributed by atoms with Gasteiger partial charge in [-0.3, -0.25) is 14.7 Å². The molecule has 1 aromatic carbocycles. The number of carbonyl (C=O) groups is 1. The zero-order chi connectivity index (χ0) is 21.0. The Morgan fingerprint density at radius 3 is 2.60 bits per heavy atom. The largest absolute Gasteiger partial charge is 0.459 e. The van der Waals surface area contributed by atoms with E-state index in [9.17, 15) is 9.18 Å². The Morgan fingerprint density at radius 2 is 1.97 bits per heavy atom. The summed E-state index contributed by atoms with van der Waals surface area (Å²) in [5.41, 5.74) is 1.62. The highest BCUT2D eigenvalue weighted by Crippen LogP contribution is 2.25. The maximum Gasteiger partial charge on any atom is 0.234 e. The molecule has 2 heterocycles. The standard InChI is InChI=1S/C21H30FN5O2.HI/c1-14(2)25-20(28)13-26-7-9-27(10-8-26)21(23-4)24-12-19-15(3)17-11-16(22)5-6-18(17)29-19;/h5-6,11,14H,7-10,12-13H2,1-4H3,(H,23,24)(H,25,28);1H. The summed E-state index contributed by atoms with van der Waals surface area (Å²) in [6.45, 7) is 9.95. The number of amides is 1. The second kappa shape index (κ2) is 10.9. The number of aryl methyl sites for hydroxylation is 1. The van der Waals surface area contributed by atoms with E-state index in [2.05, 4.69) is 25.4 Å². The summed E-state index contributed by atoms with van der Waals surface area (Å²) in [6.07, 6.45) is 0. The average molecular weight is 531 g/mol. The number of guanidine groups is 1. The molecule has 1 aromatic heterocycles. The molecule has 1 aliphatic heterocycles. The van der Waals surface area contributed by atoms with Crippen molar-refractivity contribution in [3.8, 4) is 0 Å². The minimum Gasteiger partial charge on any atom is -0.459 e. The van der Waals surface area contributed by atoms with Crippen LogP contribution < -0.4 is 10.6 Å². The molecule has 2 N–H and O–H groups in total. The molecular formula is C21H31FIN5O2. The first-order valence-electron chi connectivity index (χ1n) is 10.0. The van der Waals surface area contributed by atoms with Gasteiger partial charge in [-0.05, 0) is 39.0 Å². The lowest BCUT2D eigenvalue weighted by Crippen LogP contribution is -2.54. The van der Waals surface area contributed by atoms with Crippen LogP contribution in [0.15, 0.2) is 27.6 Å². The van der Waals surface area contributed by atoms with E-state index in [4.69, 9.17) is 4.42 Å². The average Bonchev–Trinajstić information content (AvgIpc) is 2.98. The van der Waals surface area contributed by atoms with E-state index in [1.807, 2.05) is 20.8 Å². The maximum atomic E-state index is 13.5. The van der Waals surface area contributed by atoms with Gasteiger partial charge in [0.2, 0.25) is 5.91 Å². The second-order valence-electron chi connectivity index (χ2n) is 7.68. The number of furan rings is 1. The lowest BCUT2D eigenvalue weighted by Gasteiger charge is -2.36. The molecule has 7 nitrogen and oxygen atoms in total. The van der Waals surface area contributed by atoms with Gasteiger partial charge in [0, 0.05) is 50.2 Å². The predicted octanol–water partition coefficient (Wildman–Crippen LogP) is 2.72. The molecule has 1 aliphatic rings. The van der Waals surface area contributed by atoms with Gasteiger partial charge in [0.05, 0.1) is 13.1 Å². The van der Waals surface area contributed by atoms with Crippen LogP contribution in [0.2, 0.25) is 0 Å². The van der Waals surface area contributed by atoms with Crippen LogP contribution in [0.4, 0.5) is 4.39 Å². The van der Waals surface area contributed by atoms with Gasteiger partial charge in [-0.2, -0.15) is 0 Å². The summed E-state index contributed by atoms with van der Waals surface area (Å²) >= 11 is 0. The van der Waals surface area contributed by atoms with E-state index in [0.29, 0.717) is 18.7 Å². The molecule has 0 saturated carbocycles. The van der Waals surface area contributed by atoms with Gasteiger partial charge in [-0.1, -0.05) is 0 Å². The summed E-state index contributed by atoms with van der Waals surface area (Å²) in [6, 6.07) is 4.72. The number of hydrogen-bond acceptors (Lipinski definition) is 4. The van der Waals surface area contributed by atoms with Crippen LogP contribution in [-0.2, 0) is 11.3 Å². The van der Waals surface area contributed by atoms with E-state index in [0.717, 1.165) is 48.8 Å². The van der Waals surface area contributed by atoms with Gasteiger partial charge in [-0.25, -0.2) is 4.39 Å². The van der Waals surface area contributed by atoms with Crippen molar-refractivity contribution in [1.82, 2.24) is 20.4 Å². The predicted molar refractivity (Wildman–Crippen MR) is 128 cm³/mol. The van der Waals surface area contributed by atoms with Gasteiger partial charge < -0.3 is 20.0 Å². The van der Waals surface area contributed by atoms with Gasteiger partial charge in [0.25, 0.3) is 0 Å². The van der Waals surface area contributed by atoms with Crippen molar-refractivity contribution < 1.29 is 13.6 Å². The zero-order valence-electron chi connectivity index (χ0n) is 18.0. The van der Waals surface area contributed by atoms with Gasteiger partial charge in [-0.15, -0.1) is 24.0 Å². The fraction of sp³-hybridized carbons (Fsp3) is 0.524. The molecule has 30 heavy (non-hydrogen) atoms. The molecule has 9 heteroatoms. The number of rotatable bonds is 5. The summed E-state index contributed by atoms with van der Waals surface area (Å²) < 4.78 is 19.4. The number of carbonyl (C=O) groups excluding carboxylic acids is 1. The molecule has 0 radical (unpaired) electrons. The van der Waals surface area contributed by atoms with E-state index in [1.54, 1.807) is 13.1 Å². The number of nitrogens with one attached hydrogen (secondary N) is 2. The molecule has 166 valence electrons. The van der Waals surface area contributed by atoms with Crippen molar-refractivity contribution >= 4 is 46.8 Å². The number of nitrogens with zero attached hydrogens (tertiary/aromatic N) is 3. The Kier molecular flexibility index (Phi) is 8.90. The summed E-state index contributed by atoms with van der Waals surface area (Å²) in [5.74, 6) is 1.36. The highest BCUT2D eigenvalue weighted by atomic mass is 127. The first-order chi connectivity index (χ1) is 13.9. The van der Waals surface area contributed by atoms with Crippen LogP contribution in [0, 0.1) is 12.7 Å². The van der Waals surface area contributed by atoms with Gasteiger partial charge in [0.15, 0.2) is 5.96 Å². The molecule has 1 fully saturated rings. The summed E-state index contributed by atoms with van der Waals surface area (Å²) in [5, 5.41) is 7.07. The van der Waals surface area contributed by atoms with Crippen molar-refractivity contribution in [2.45, 2.75) is 33.4 Å². The van der Waals surface area contributed by atoms with E-state index < -0.39 is 0 Å². The van der Waals surface area contributed by atoms with Crippen LogP contribution in [0.5, 0.6) is 0 Å². The van der Waals surface area contributed by atoms with E-state index in [1.165, 1.54) is 12.1 Å². The molecule has 0 unspecified atom stereocenters. The monoisotopic (exact) mass is 531 g/mol. The SMILES string of the molecule is CN=C(NCc1oc2ccc(F)cc2c1C)N1CCN(CC(=O)NC(C)C)CC1.I. The Labute approximate surface area is 194 Å². The van der Waals surface area contributed by atoms with Crippen molar-refractivity contribution in [3.63, 3.8) is 0 Å². The molecule has 2 aromatic rings. The third-order valence-corrected chi connectivity index (χ3v) is 5.10. The zero-order valence-corrected chi connectivity index (χ0v) is 20.3. The lowest BCUT2D eigenvalue weighted by atomic mass is 10.1. The fourth-order valence-corrected chi connectivity index (χ4v) is 3.59. The molecule has 0 atom stereocenters. The topological polar surface area (TPSA) is 73.1 Å². The third kappa shape index (κ3) is 6.07. The summed E-state index contributed by atoms with van der Waals surface area (Å²) in [4.78, 5) is 20.7. The smallest absolute Gasteiger partial charge is 0.234 e. The van der Waals surface area contributed by atoms with Crippen LogP contribution in [0.25, 0.3) is 11.0 Å². The molecule has 1 saturated heterocycles. The minimum absolute atomic E-state index is 0. The van der Waals surface area contributed by atoms with Crippen molar-refractivity contribution in [2.24, 2.45) is 4.99 Å². The molecule has 0 bridgehead atoms. The maximum absolute atomic E-state index is 13.5. The number of benzene rings is 1. The number of aliphatic imine (C=N–C) groups is 1. The molecule has 0 aliphatic carbocycles. The molecule has 3 rings (SSSR count). The number of fused-ring (bicyclic) bond motifs is 1. The van der Waals surface area contributed by atoms with Crippen LogP contribution in [0.1, 0.15) is 25.2 Å². The van der Waals surface area contributed by atoms with E-state index >= 15 is 0 Å². The molecular weight excluding hydrogens is 500 g/mol. The Balaban J connectivity index is 0.00000320. The van der Waals surface area contributed by atoms with E-state index in [-0.39, 0.29) is 41.7 Å². The second-order valence-corrected chi connectivity index (χ2v) is 7.68. The highest BCUT2D eigenvalue weighted by molar-refractivity contribution is 14.0. The van der Waals surface area contributed by atoms with Crippen LogP contribution >= 0.6 is 24.0 Å². The number of halogens is 2. The quantitative estimate of drug-likeness (QED) is 0.353. The first kappa shape index (κ1) is 24.4. The first-order valence-corrected chi connectivity index (χ1v) is 10.0. The van der Waals surface area contributed by atoms with Gasteiger partial charge >= 0.3 is 0 Å². The minimum atomic E-state index is -0.267. The number of piperazine rings is 1. The Morgan fingerprint density at radius 1 is 1.27 bits per heavy atom.